The zero-order valence-electron chi connectivity index (χ0n) is 15.3. The van der Waals surface area contributed by atoms with Crippen LogP contribution in [0.1, 0.15) is 56.3 Å². The Morgan fingerprint density at radius 3 is 2.40 bits per heavy atom. The van der Waals surface area contributed by atoms with Crippen molar-refractivity contribution in [3.05, 3.63) is 34.9 Å². The average Bonchev–Trinajstić information content (AvgIpc) is 2.58. The molecule has 0 radical (unpaired) electrons. The van der Waals surface area contributed by atoms with E-state index < -0.39 is 6.04 Å². The van der Waals surface area contributed by atoms with E-state index in [0.717, 1.165) is 18.4 Å². The molecule has 0 aromatic heterocycles. The van der Waals surface area contributed by atoms with Crippen molar-refractivity contribution in [2.45, 2.75) is 58.5 Å². The lowest BCUT2D eigenvalue weighted by Gasteiger charge is -2.20. The topological polar surface area (TPSA) is 84.2 Å². The standard InChI is InChI=1S/C19H29N3O2.ClH/c1-12(2)18(20)19(24)21-11-17(23)22-13(3)15-9-8-14-6-4-5-7-16(14)10-15;/h8-10,12-13,18H,4-7,11,20H2,1-3H3,(H,21,24)(H,22,23);1H/t13?,18-;/m0./s1. The van der Waals surface area contributed by atoms with Crippen LogP contribution in [0.25, 0.3) is 0 Å². The summed E-state index contributed by atoms with van der Waals surface area (Å²) in [6.07, 6.45) is 4.77. The zero-order chi connectivity index (χ0) is 17.7. The second-order valence-electron chi connectivity index (χ2n) is 7.01. The van der Waals surface area contributed by atoms with E-state index >= 15 is 0 Å². The summed E-state index contributed by atoms with van der Waals surface area (Å²) < 4.78 is 0. The molecule has 2 amide bonds. The molecule has 0 fully saturated rings. The molecule has 0 saturated carbocycles. The van der Waals surface area contributed by atoms with E-state index in [-0.39, 0.29) is 42.7 Å². The van der Waals surface area contributed by atoms with Crippen LogP contribution < -0.4 is 16.4 Å². The van der Waals surface area contributed by atoms with Gasteiger partial charge in [-0.1, -0.05) is 32.0 Å². The van der Waals surface area contributed by atoms with E-state index in [9.17, 15) is 9.59 Å². The fourth-order valence-electron chi connectivity index (χ4n) is 2.99. The van der Waals surface area contributed by atoms with Crippen molar-refractivity contribution in [2.24, 2.45) is 11.7 Å². The number of amides is 2. The van der Waals surface area contributed by atoms with Gasteiger partial charge >= 0.3 is 0 Å². The number of rotatable bonds is 6. The minimum Gasteiger partial charge on any atom is -0.348 e. The Bertz CT molecular complexity index is 604. The number of aryl methyl sites for hydroxylation is 2. The predicted octanol–water partition coefficient (Wildman–Crippen LogP) is 2.26. The molecule has 1 aliphatic rings. The molecular formula is C19H30ClN3O2. The molecule has 25 heavy (non-hydrogen) atoms. The van der Waals surface area contributed by atoms with Gasteiger partial charge in [-0.3, -0.25) is 9.59 Å². The highest BCUT2D eigenvalue weighted by atomic mass is 35.5. The highest BCUT2D eigenvalue weighted by molar-refractivity contribution is 5.87. The Kier molecular flexibility index (Phi) is 8.39. The van der Waals surface area contributed by atoms with Crippen LogP contribution in [0.15, 0.2) is 18.2 Å². The van der Waals surface area contributed by atoms with Gasteiger partial charge in [0.1, 0.15) is 0 Å². The molecule has 2 atom stereocenters. The summed E-state index contributed by atoms with van der Waals surface area (Å²) in [7, 11) is 0. The first-order valence-electron chi connectivity index (χ1n) is 8.83. The number of carbonyl (C=O) groups excluding carboxylic acids is 2. The molecule has 1 aromatic carbocycles. The maximum atomic E-state index is 12.0. The predicted molar refractivity (Wildman–Crippen MR) is 103 cm³/mol. The van der Waals surface area contributed by atoms with Crippen molar-refractivity contribution in [3.8, 4) is 0 Å². The quantitative estimate of drug-likeness (QED) is 0.721. The Morgan fingerprint density at radius 1 is 1.12 bits per heavy atom. The molecule has 0 saturated heterocycles. The summed E-state index contributed by atoms with van der Waals surface area (Å²) in [5.41, 5.74) is 9.69. The number of hydrogen-bond donors (Lipinski definition) is 3. The molecule has 6 heteroatoms. The first-order chi connectivity index (χ1) is 11.4. The first-order valence-corrected chi connectivity index (χ1v) is 8.83. The normalized spacial score (nSPS) is 15.6. The van der Waals surface area contributed by atoms with Crippen molar-refractivity contribution in [1.29, 1.82) is 0 Å². The lowest BCUT2D eigenvalue weighted by Crippen LogP contribution is -2.47. The lowest BCUT2D eigenvalue weighted by atomic mass is 9.89. The summed E-state index contributed by atoms with van der Waals surface area (Å²) in [5, 5.41) is 5.53. The lowest BCUT2D eigenvalue weighted by molar-refractivity contribution is -0.127. The number of carbonyl (C=O) groups is 2. The summed E-state index contributed by atoms with van der Waals surface area (Å²) >= 11 is 0. The number of hydrogen-bond acceptors (Lipinski definition) is 3. The minimum absolute atomic E-state index is 0. The van der Waals surface area contributed by atoms with Crippen LogP contribution in [0.5, 0.6) is 0 Å². The van der Waals surface area contributed by atoms with E-state index in [2.05, 4.69) is 28.8 Å². The van der Waals surface area contributed by atoms with Crippen LogP contribution in [-0.4, -0.2) is 24.4 Å². The number of halogens is 1. The molecule has 0 bridgehead atoms. The summed E-state index contributed by atoms with van der Waals surface area (Å²) in [4.78, 5) is 23.8. The van der Waals surface area contributed by atoms with E-state index in [4.69, 9.17) is 5.73 Å². The van der Waals surface area contributed by atoms with E-state index in [1.807, 2.05) is 20.8 Å². The zero-order valence-corrected chi connectivity index (χ0v) is 16.1. The van der Waals surface area contributed by atoms with Gasteiger partial charge in [-0.15, -0.1) is 12.4 Å². The molecule has 1 unspecified atom stereocenters. The van der Waals surface area contributed by atoms with Crippen LogP contribution in [0.4, 0.5) is 0 Å². The van der Waals surface area contributed by atoms with Gasteiger partial charge in [0.15, 0.2) is 0 Å². The third-order valence-corrected chi connectivity index (χ3v) is 4.69. The van der Waals surface area contributed by atoms with Crippen LogP contribution in [0, 0.1) is 5.92 Å². The van der Waals surface area contributed by atoms with Crippen LogP contribution >= 0.6 is 12.4 Å². The molecule has 5 nitrogen and oxygen atoms in total. The van der Waals surface area contributed by atoms with Gasteiger partial charge in [-0.05, 0) is 55.2 Å². The maximum absolute atomic E-state index is 12.0. The SMILES string of the molecule is CC(NC(=O)CNC(=O)[C@@H](N)C(C)C)c1ccc2c(c1)CCCC2.Cl. The second-order valence-corrected chi connectivity index (χ2v) is 7.01. The smallest absolute Gasteiger partial charge is 0.239 e. The van der Waals surface area contributed by atoms with E-state index in [1.54, 1.807) is 0 Å². The Hall–Kier alpha value is -1.59. The second kappa shape index (κ2) is 9.78. The van der Waals surface area contributed by atoms with Gasteiger partial charge in [-0.2, -0.15) is 0 Å². The first kappa shape index (κ1) is 21.5. The Labute approximate surface area is 156 Å². The van der Waals surface area contributed by atoms with Gasteiger partial charge in [-0.25, -0.2) is 0 Å². The van der Waals surface area contributed by atoms with Crippen molar-refractivity contribution in [3.63, 3.8) is 0 Å². The molecule has 140 valence electrons. The van der Waals surface area contributed by atoms with Crippen LogP contribution in [-0.2, 0) is 22.4 Å². The van der Waals surface area contributed by atoms with E-state index in [1.165, 1.54) is 24.0 Å². The number of benzene rings is 1. The number of nitrogens with one attached hydrogen (secondary N) is 2. The van der Waals surface area contributed by atoms with Gasteiger partial charge in [0, 0.05) is 0 Å². The molecule has 0 aliphatic heterocycles. The van der Waals surface area contributed by atoms with Gasteiger partial charge in [0.25, 0.3) is 0 Å². The summed E-state index contributed by atoms with van der Waals surface area (Å²) in [5.74, 6) is -0.450. The fraction of sp³-hybridized carbons (Fsp3) is 0.579. The average molecular weight is 368 g/mol. The van der Waals surface area contributed by atoms with Gasteiger partial charge in [0.05, 0.1) is 18.6 Å². The molecule has 0 heterocycles. The molecule has 2 rings (SSSR count). The Balaban J connectivity index is 0.00000312. The minimum atomic E-state index is -0.587. The third-order valence-electron chi connectivity index (χ3n) is 4.69. The molecule has 0 spiro atoms. The molecular weight excluding hydrogens is 338 g/mol. The van der Waals surface area contributed by atoms with Crippen molar-refractivity contribution < 1.29 is 9.59 Å². The Morgan fingerprint density at radius 2 is 1.76 bits per heavy atom. The monoisotopic (exact) mass is 367 g/mol. The molecule has 1 aromatic rings. The summed E-state index contributed by atoms with van der Waals surface area (Å²) in [6.45, 7) is 5.67. The fourth-order valence-corrected chi connectivity index (χ4v) is 2.99. The largest absolute Gasteiger partial charge is 0.348 e. The summed E-state index contributed by atoms with van der Waals surface area (Å²) in [6, 6.07) is 5.79. The third kappa shape index (κ3) is 6.01. The van der Waals surface area contributed by atoms with Crippen molar-refractivity contribution in [1.82, 2.24) is 10.6 Å². The maximum Gasteiger partial charge on any atom is 0.239 e. The number of nitrogens with two attached hydrogens (primary N) is 1. The van der Waals surface area contributed by atoms with Crippen LogP contribution in [0.3, 0.4) is 0 Å². The van der Waals surface area contributed by atoms with Gasteiger partial charge < -0.3 is 16.4 Å². The highest BCUT2D eigenvalue weighted by Crippen LogP contribution is 2.24. The van der Waals surface area contributed by atoms with Crippen molar-refractivity contribution >= 4 is 24.2 Å². The number of fused-ring (bicyclic) bond motifs is 1. The molecule has 1 aliphatic carbocycles. The highest BCUT2D eigenvalue weighted by Gasteiger charge is 2.18. The van der Waals surface area contributed by atoms with Crippen LogP contribution in [0.2, 0.25) is 0 Å². The van der Waals surface area contributed by atoms with E-state index in [0.29, 0.717) is 0 Å². The van der Waals surface area contributed by atoms with Gasteiger partial charge in [0.2, 0.25) is 11.8 Å². The van der Waals surface area contributed by atoms with Crippen molar-refractivity contribution in [2.75, 3.05) is 6.54 Å². The molecule has 4 N–H and O–H groups in total.